The Morgan fingerprint density at radius 1 is 1.12 bits per heavy atom. The number of carbonyl (C=O) groups excluding carboxylic acids is 1. The molecule has 2 saturated carbocycles. The van der Waals surface area contributed by atoms with Gasteiger partial charge in [0.05, 0.1) is 0 Å². The van der Waals surface area contributed by atoms with Crippen LogP contribution in [0.4, 0.5) is 0 Å². The second-order valence-corrected chi connectivity index (χ2v) is 8.24. The molecule has 136 valence electrons. The van der Waals surface area contributed by atoms with Gasteiger partial charge in [0.25, 0.3) is 0 Å². The van der Waals surface area contributed by atoms with E-state index < -0.39 is 0 Å². The van der Waals surface area contributed by atoms with Crippen molar-refractivity contribution in [2.45, 2.75) is 69.9 Å². The number of hydrogen-bond acceptors (Lipinski definition) is 3. The van der Waals surface area contributed by atoms with Crippen molar-refractivity contribution in [3.63, 3.8) is 0 Å². The van der Waals surface area contributed by atoms with E-state index in [0.29, 0.717) is 18.4 Å². The molecule has 4 heteroatoms. The van der Waals surface area contributed by atoms with Gasteiger partial charge >= 0.3 is 0 Å². The van der Waals surface area contributed by atoms with Gasteiger partial charge in [-0.3, -0.25) is 14.7 Å². The van der Waals surface area contributed by atoms with E-state index in [2.05, 4.69) is 15.2 Å². The Morgan fingerprint density at radius 3 is 2.68 bits per heavy atom. The van der Waals surface area contributed by atoms with Crippen LogP contribution in [0.5, 0.6) is 0 Å². The molecule has 0 unspecified atom stereocenters. The van der Waals surface area contributed by atoms with Gasteiger partial charge in [-0.05, 0) is 56.1 Å². The maximum Gasteiger partial charge on any atom is 0.220 e. The van der Waals surface area contributed by atoms with Gasteiger partial charge in [-0.25, -0.2) is 0 Å². The molecule has 3 fully saturated rings. The number of likely N-dealkylation sites (tertiary alicyclic amines) is 1. The van der Waals surface area contributed by atoms with Gasteiger partial charge in [0.2, 0.25) is 5.91 Å². The summed E-state index contributed by atoms with van der Waals surface area (Å²) >= 11 is 0. The summed E-state index contributed by atoms with van der Waals surface area (Å²) in [6.07, 6.45) is 12.7. The summed E-state index contributed by atoms with van der Waals surface area (Å²) in [5.74, 6) is 1.74. The number of pyridine rings is 1. The van der Waals surface area contributed by atoms with Crippen LogP contribution in [0.3, 0.4) is 0 Å². The zero-order chi connectivity index (χ0) is 17.1. The number of rotatable bonds is 6. The number of amides is 1. The number of nitrogens with one attached hydrogen (secondary N) is 1. The minimum atomic E-state index is 0.201. The topological polar surface area (TPSA) is 45.2 Å². The van der Waals surface area contributed by atoms with Crippen LogP contribution in [0.1, 0.15) is 57.1 Å². The van der Waals surface area contributed by atoms with Crippen LogP contribution < -0.4 is 5.32 Å². The molecule has 0 aromatic carbocycles. The molecule has 1 aromatic heterocycles. The first-order valence-electron chi connectivity index (χ1n) is 10.2. The molecular formula is C21H31N3O. The van der Waals surface area contributed by atoms with Crippen molar-refractivity contribution in [2.75, 3.05) is 13.1 Å². The molecule has 3 aliphatic rings. The molecule has 1 amide bonds. The van der Waals surface area contributed by atoms with Crippen LogP contribution in [0.25, 0.3) is 0 Å². The van der Waals surface area contributed by atoms with E-state index in [-0.39, 0.29) is 5.91 Å². The van der Waals surface area contributed by atoms with Crippen LogP contribution in [-0.4, -0.2) is 41.0 Å². The highest BCUT2D eigenvalue weighted by Crippen LogP contribution is 2.42. The molecule has 1 N–H and O–H groups in total. The summed E-state index contributed by atoms with van der Waals surface area (Å²) in [4.78, 5) is 19.5. The smallest absolute Gasteiger partial charge is 0.220 e. The molecule has 0 spiro atoms. The fourth-order valence-corrected chi connectivity index (χ4v) is 4.83. The van der Waals surface area contributed by atoms with Crippen LogP contribution in [-0.2, 0) is 11.2 Å². The first-order chi connectivity index (χ1) is 12.3. The SMILES string of the molecule is O=C(CCc1ccccn1)N[C@H]1CN(C2CCCCC2)C[C@@H]1C1CC1. The fourth-order valence-electron chi connectivity index (χ4n) is 4.83. The molecule has 2 aliphatic carbocycles. The molecule has 2 heterocycles. The number of aromatic nitrogens is 1. The third-order valence-electron chi connectivity index (χ3n) is 6.39. The Hall–Kier alpha value is -1.42. The standard InChI is InChI=1S/C21H31N3O/c25-21(12-11-17-6-4-5-13-22-17)23-20-15-24(14-19(20)16-9-10-16)18-7-2-1-3-8-18/h4-6,13,16,18-20H,1-3,7-12,14-15H2,(H,23,25)/t19-,20+/m1/s1. The first kappa shape index (κ1) is 17.0. The first-order valence-corrected chi connectivity index (χ1v) is 10.2. The zero-order valence-electron chi connectivity index (χ0n) is 15.2. The quantitative estimate of drug-likeness (QED) is 0.864. The highest BCUT2D eigenvalue weighted by Gasteiger charge is 2.44. The maximum atomic E-state index is 12.5. The summed E-state index contributed by atoms with van der Waals surface area (Å²) in [6, 6.07) is 7.04. The molecule has 1 saturated heterocycles. The minimum absolute atomic E-state index is 0.201. The van der Waals surface area contributed by atoms with Gasteiger partial charge in [0.15, 0.2) is 0 Å². The molecule has 4 rings (SSSR count). The molecule has 4 nitrogen and oxygen atoms in total. The molecule has 25 heavy (non-hydrogen) atoms. The van der Waals surface area contributed by atoms with Crippen molar-refractivity contribution in [3.8, 4) is 0 Å². The van der Waals surface area contributed by atoms with Crippen molar-refractivity contribution < 1.29 is 4.79 Å². The second-order valence-electron chi connectivity index (χ2n) is 8.24. The van der Waals surface area contributed by atoms with Gasteiger partial charge in [-0.2, -0.15) is 0 Å². The number of carbonyl (C=O) groups is 1. The van der Waals surface area contributed by atoms with Crippen LogP contribution in [0.15, 0.2) is 24.4 Å². The summed E-state index contributed by atoms with van der Waals surface area (Å²) in [7, 11) is 0. The van der Waals surface area contributed by atoms with Crippen molar-refractivity contribution >= 4 is 5.91 Å². The van der Waals surface area contributed by atoms with E-state index in [4.69, 9.17) is 0 Å². The number of hydrogen-bond donors (Lipinski definition) is 1. The van der Waals surface area contributed by atoms with Crippen LogP contribution >= 0.6 is 0 Å². The van der Waals surface area contributed by atoms with Gasteiger partial charge in [0, 0.05) is 43.5 Å². The van der Waals surface area contributed by atoms with E-state index in [0.717, 1.165) is 30.6 Å². The number of nitrogens with zero attached hydrogens (tertiary/aromatic N) is 2. The normalized spacial score (nSPS) is 28.2. The summed E-state index contributed by atoms with van der Waals surface area (Å²) in [6.45, 7) is 2.28. The third-order valence-corrected chi connectivity index (χ3v) is 6.39. The lowest BCUT2D eigenvalue weighted by atomic mass is 9.94. The van der Waals surface area contributed by atoms with E-state index in [1.54, 1.807) is 6.20 Å². The highest BCUT2D eigenvalue weighted by molar-refractivity contribution is 5.76. The highest BCUT2D eigenvalue weighted by atomic mass is 16.1. The zero-order valence-corrected chi connectivity index (χ0v) is 15.2. The lowest BCUT2D eigenvalue weighted by molar-refractivity contribution is -0.122. The largest absolute Gasteiger partial charge is 0.352 e. The van der Waals surface area contributed by atoms with Crippen LogP contribution in [0.2, 0.25) is 0 Å². The molecule has 1 aromatic rings. The lowest BCUT2D eigenvalue weighted by Gasteiger charge is -2.31. The van der Waals surface area contributed by atoms with E-state index >= 15 is 0 Å². The van der Waals surface area contributed by atoms with Gasteiger partial charge in [-0.1, -0.05) is 25.3 Å². The van der Waals surface area contributed by atoms with E-state index in [9.17, 15) is 4.79 Å². The van der Waals surface area contributed by atoms with E-state index in [1.807, 2.05) is 18.2 Å². The lowest BCUT2D eigenvalue weighted by Crippen LogP contribution is -2.42. The van der Waals surface area contributed by atoms with Gasteiger partial charge in [0.1, 0.15) is 0 Å². The van der Waals surface area contributed by atoms with Gasteiger partial charge in [-0.15, -0.1) is 0 Å². The van der Waals surface area contributed by atoms with Crippen molar-refractivity contribution in [2.24, 2.45) is 11.8 Å². The Morgan fingerprint density at radius 2 is 1.96 bits per heavy atom. The molecule has 1 aliphatic heterocycles. The van der Waals surface area contributed by atoms with Crippen molar-refractivity contribution in [3.05, 3.63) is 30.1 Å². The molecular weight excluding hydrogens is 310 g/mol. The Bertz CT molecular complexity index is 566. The number of aryl methyl sites for hydroxylation is 1. The van der Waals surface area contributed by atoms with Crippen molar-refractivity contribution in [1.29, 1.82) is 0 Å². The Kier molecular flexibility index (Phi) is 5.35. The fraction of sp³-hybridized carbons (Fsp3) is 0.714. The maximum absolute atomic E-state index is 12.5. The molecule has 0 bridgehead atoms. The summed E-state index contributed by atoms with van der Waals surface area (Å²) < 4.78 is 0. The molecule has 2 atom stereocenters. The molecule has 0 radical (unpaired) electrons. The van der Waals surface area contributed by atoms with Gasteiger partial charge < -0.3 is 5.32 Å². The summed E-state index contributed by atoms with van der Waals surface area (Å²) in [5, 5.41) is 3.38. The predicted octanol–water partition coefficient (Wildman–Crippen LogP) is 3.17. The van der Waals surface area contributed by atoms with Crippen LogP contribution in [0, 0.1) is 11.8 Å². The second kappa shape index (κ2) is 7.86. The average Bonchev–Trinajstić information content (AvgIpc) is 3.42. The predicted molar refractivity (Wildman–Crippen MR) is 99.1 cm³/mol. The third kappa shape index (κ3) is 4.41. The Balaban J connectivity index is 1.31. The Labute approximate surface area is 151 Å². The summed E-state index contributed by atoms with van der Waals surface area (Å²) in [5.41, 5.74) is 1.01. The average molecular weight is 341 g/mol. The minimum Gasteiger partial charge on any atom is -0.352 e. The van der Waals surface area contributed by atoms with Crippen molar-refractivity contribution in [1.82, 2.24) is 15.2 Å². The monoisotopic (exact) mass is 341 g/mol. The van der Waals surface area contributed by atoms with E-state index in [1.165, 1.54) is 51.5 Å².